The summed E-state index contributed by atoms with van der Waals surface area (Å²) in [4.78, 5) is 57.9. The van der Waals surface area contributed by atoms with Crippen molar-refractivity contribution in [3.63, 3.8) is 0 Å². The highest BCUT2D eigenvalue weighted by molar-refractivity contribution is 5.99. The van der Waals surface area contributed by atoms with E-state index in [9.17, 15) is 29.3 Å². The number of rotatable bonds is 12. The molecule has 0 spiro atoms. The van der Waals surface area contributed by atoms with Crippen molar-refractivity contribution in [1.29, 1.82) is 0 Å². The first-order valence-corrected chi connectivity index (χ1v) is 10.3. The minimum absolute atomic E-state index is 0.0486. The number of nitro benzene ring substituents is 1. The van der Waals surface area contributed by atoms with Gasteiger partial charge in [-0.3, -0.25) is 24.5 Å². The second-order valence-corrected chi connectivity index (χ2v) is 7.01. The molecule has 0 unspecified atom stereocenters. The average molecular weight is 456 g/mol. The van der Waals surface area contributed by atoms with Gasteiger partial charge in [0.15, 0.2) is 6.61 Å². The van der Waals surface area contributed by atoms with Crippen LogP contribution in [0.4, 0.5) is 11.4 Å². The Morgan fingerprint density at radius 3 is 2.36 bits per heavy atom. The summed E-state index contributed by atoms with van der Waals surface area (Å²) < 4.78 is 9.96. The quantitative estimate of drug-likeness (QED) is 0.167. The third-order valence-electron chi connectivity index (χ3n) is 4.43. The van der Waals surface area contributed by atoms with E-state index in [4.69, 9.17) is 9.47 Å². The van der Waals surface area contributed by atoms with Gasteiger partial charge < -0.3 is 14.8 Å². The van der Waals surface area contributed by atoms with Gasteiger partial charge in [-0.1, -0.05) is 25.5 Å². The number of amides is 1. The predicted octanol–water partition coefficient (Wildman–Crippen LogP) is 3.70. The molecular formula is C23H24N2O8. The minimum atomic E-state index is -0.755. The number of esters is 2. The van der Waals surface area contributed by atoms with E-state index in [1.54, 1.807) is 12.1 Å². The molecule has 0 aromatic heterocycles. The molecule has 0 radical (unpaired) electrons. The van der Waals surface area contributed by atoms with Gasteiger partial charge >= 0.3 is 11.9 Å². The third-order valence-corrected chi connectivity index (χ3v) is 4.43. The Bertz CT molecular complexity index is 1020. The van der Waals surface area contributed by atoms with Crippen molar-refractivity contribution in [1.82, 2.24) is 0 Å². The summed E-state index contributed by atoms with van der Waals surface area (Å²) in [6.45, 7) is 1.75. The van der Waals surface area contributed by atoms with Crippen LogP contribution in [-0.2, 0) is 19.1 Å². The second kappa shape index (κ2) is 12.7. The van der Waals surface area contributed by atoms with E-state index < -0.39 is 35.2 Å². The molecule has 0 aliphatic carbocycles. The highest BCUT2D eigenvalue weighted by Crippen LogP contribution is 2.14. The van der Waals surface area contributed by atoms with Crippen LogP contribution < -0.4 is 5.32 Å². The molecule has 10 heteroatoms. The summed E-state index contributed by atoms with van der Waals surface area (Å²) in [6.07, 6.45) is 1.27. The van der Waals surface area contributed by atoms with Gasteiger partial charge in [0, 0.05) is 29.8 Å². The number of carbonyl (C=O) groups excluding carboxylic acids is 4. The molecule has 0 atom stereocenters. The number of ketones is 1. The van der Waals surface area contributed by atoms with E-state index in [0.717, 1.165) is 18.9 Å². The lowest BCUT2D eigenvalue weighted by atomic mass is 10.1. The number of benzene rings is 2. The fraction of sp³-hybridized carbons (Fsp3) is 0.304. The van der Waals surface area contributed by atoms with Crippen molar-refractivity contribution in [2.75, 3.05) is 18.5 Å². The molecule has 0 saturated carbocycles. The number of hydrogen-bond donors (Lipinski definition) is 1. The van der Waals surface area contributed by atoms with Crippen molar-refractivity contribution in [2.24, 2.45) is 0 Å². The Kier molecular flexibility index (Phi) is 9.69. The molecule has 174 valence electrons. The van der Waals surface area contributed by atoms with Crippen LogP contribution in [0.15, 0.2) is 48.5 Å². The van der Waals surface area contributed by atoms with E-state index in [1.165, 1.54) is 30.3 Å². The first-order valence-electron chi connectivity index (χ1n) is 10.3. The number of non-ortho nitro benzene ring substituents is 1. The number of Topliss-reactive ketones (excluding diaryl/α,β-unsaturated/α-hetero) is 1. The second-order valence-electron chi connectivity index (χ2n) is 7.01. The standard InChI is InChI=1S/C23H24N2O8/c1-2-3-13-32-23(29)16-7-9-18(10-8-16)24-21(27)11-12-22(28)33-15-20(26)17-5-4-6-19(14-17)25(30)31/h4-10,14H,2-3,11-13,15H2,1H3,(H,24,27). The zero-order chi connectivity index (χ0) is 24.2. The predicted molar refractivity (Wildman–Crippen MR) is 118 cm³/mol. The average Bonchev–Trinajstić information content (AvgIpc) is 2.81. The lowest BCUT2D eigenvalue weighted by Gasteiger charge is -2.07. The summed E-state index contributed by atoms with van der Waals surface area (Å²) in [6, 6.07) is 11.2. The summed E-state index contributed by atoms with van der Waals surface area (Å²) in [7, 11) is 0. The molecule has 0 fully saturated rings. The number of unbranched alkanes of at least 4 members (excludes halogenated alkanes) is 1. The number of nitro groups is 1. The number of nitrogens with one attached hydrogen (secondary N) is 1. The molecule has 1 N–H and O–H groups in total. The van der Waals surface area contributed by atoms with Gasteiger partial charge in [-0.05, 0) is 30.7 Å². The zero-order valence-corrected chi connectivity index (χ0v) is 18.1. The van der Waals surface area contributed by atoms with Gasteiger partial charge in [-0.25, -0.2) is 4.79 Å². The van der Waals surface area contributed by atoms with Crippen molar-refractivity contribution in [2.45, 2.75) is 32.6 Å². The van der Waals surface area contributed by atoms with Crippen LogP contribution in [0.2, 0.25) is 0 Å². The number of nitrogens with zero attached hydrogens (tertiary/aromatic N) is 1. The molecule has 0 bridgehead atoms. The van der Waals surface area contributed by atoms with E-state index in [0.29, 0.717) is 17.9 Å². The van der Waals surface area contributed by atoms with Crippen LogP contribution in [0.25, 0.3) is 0 Å². The molecule has 10 nitrogen and oxygen atoms in total. The molecule has 2 aromatic rings. The highest BCUT2D eigenvalue weighted by atomic mass is 16.6. The van der Waals surface area contributed by atoms with E-state index in [1.807, 2.05) is 6.92 Å². The van der Waals surface area contributed by atoms with Gasteiger partial charge in [0.1, 0.15) is 0 Å². The molecule has 0 saturated heterocycles. The van der Waals surface area contributed by atoms with Crippen molar-refractivity contribution < 1.29 is 33.6 Å². The molecule has 33 heavy (non-hydrogen) atoms. The number of ether oxygens (including phenoxy) is 2. The molecular weight excluding hydrogens is 432 g/mol. The molecule has 1 amide bonds. The molecule has 0 heterocycles. The maximum Gasteiger partial charge on any atom is 0.338 e. The van der Waals surface area contributed by atoms with Crippen LogP contribution in [0.3, 0.4) is 0 Å². The van der Waals surface area contributed by atoms with Crippen LogP contribution in [0.1, 0.15) is 53.3 Å². The minimum Gasteiger partial charge on any atom is -0.462 e. The summed E-state index contributed by atoms with van der Waals surface area (Å²) in [5.74, 6) is -2.24. The maximum atomic E-state index is 12.0. The Labute approximate surface area is 190 Å². The smallest absolute Gasteiger partial charge is 0.338 e. The topological polar surface area (TPSA) is 142 Å². The summed E-state index contributed by atoms with van der Waals surface area (Å²) in [5.41, 5.74) is 0.609. The van der Waals surface area contributed by atoms with Gasteiger partial charge in [-0.15, -0.1) is 0 Å². The van der Waals surface area contributed by atoms with Gasteiger partial charge in [-0.2, -0.15) is 0 Å². The van der Waals surface area contributed by atoms with Crippen LogP contribution >= 0.6 is 0 Å². The fourth-order valence-electron chi connectivity index (χ4n) is 2.62. The van der Waals surface area contributed by atoms with Gasteiger partial charge in [0.25, 0.3) is 5.69 Å². The number of hydrogen-bond acceptors (Lipinski definition) is 8. The molecule has 0 aliphatic rings. The fourth-order valence-corrected chi connectivity index (χ4v) is 2.62. The third kappa shape index (κ3) is 8.52. The molecule has 2 aromatic carbocycles. The molecule has 0 aliphatic heterocycles. The van der Waals surface area contributed by atoms with Gasteiger partial charge in [0.2, 0.25) is 11.7 Å². The van der Waals surface area contributed by atoms with E-state index in [-0.39, 0.29) is 24.1 Å². The Balaban J connectivity index is 1.74. The summed E-state index contributed by atoms with van der Waals surface area (Å²) in [5, 5.41) is 13.4. The highest BCUT2D eigenvalue weighted by Gasteiger charge is 2.15. The number of carbonyl (C=O) groups is 4. The van der Waals surface area contributed by atoms with E-state index >= 15 is 0 Å². The van der Waals surface area contributed by atoms with Crippen molar-refractivity contribution in [3.8, 4) is 0 Å². The lowest BCUT2D eigenvalue weighted by molar-refractivity contribution is -0.384. The zero-order valence-electron chi connectivity index (χ0n) is 18.1. The maximum absolute atomic E-state index is 12.0. The normalized spacial score (nSPS) is 10.2. The Morgan fingerprint density at radius 1 is 0.970 bits per heavy atom. The van der Waals surface area contributed by atoms with Crippen molar-refractivity contribution >= 4 is 35.0 Å². The van der Waals surface area contributed by atoms with Crippen molar-refractivity contribution in [3.05, 3.63) is 69.8 Å². The Hall–Kier alpha value is -4.08. The van der Waals surface area contributed by atoms with Crippen LogP contribution in [0.5, 0.6) is 0 Å². The summed E-state index contributed by atoms with van der Waals surface area (Å²) >= 11 is 0. The van der Waals surface area contributed by atoms with Gasteiger partial charge in [0.05, 0.1) is 23.5 Å². The van der Waals surface area contributed by atoms with Crippen LogP contribution in [-0.4, -0.2) is 41.8 Å². The SMILES string of the molecule is CCCCOC(=O)c1ccc(NC(=O)CCC(=O)OCC(=O)c2cccc([N+](=O)[O-])c2)cc1. The van der Waals surface area contributed by atoms with E-state index in [2.05, 4.69) is 5.32 Å². The lowest BCUT2D eigenvalue weighted by Crippen LogP contribution is -2.17. The first-order chi connectivity index (χ1) is 15.8. The van der Waals surface area contributed by atoms with Crippen LogP contribution in [0, 0.1) is 10.1 Å². The largest absolute Gasteiger partial charge is 0.462 e. The molecule has 2 rings (SSSR count). The Morgan fingerprint density at radius 2 is 1.70 bits per heavy atom. The monoisotopic (exact) mass is 456 g/mol. The first kappa shape index (κ1) is 25.2. The number of anilines is 1.